The third kappa shape index (κ3) is 4.08. The van der Waals surface area contributed by atoms with E-state index < -0.39 is 11.8 Å². The number of thiazole rings is 1. The highest BCUT2D eigenvalue weighted by molar-refractivity contribution is 7.22. The number of aromatic nitrogens is 2. The highest BCUT2D eigenvalue weighted by Gasteiger charge is 2.57. The van der Waals surface area contributed by atoms with Crippen molar-refractivity contribution in [2.24, 2.45) is 23.2 Å². The summed E-state index contributed by atoms with van der Waals surface area (Å²) in [6, 6.07) is 3.18. The number of fused-ring (bicyclic) bond motifs is 5. The first-order valence-electron chi connectivity index (χ1n) is 15.4. The van der Waals surface area contributed by atoms with Crippen LogP contribution >= 0.6 is 11.3 Å². The van der Waals surface area contributed by atoms with Crippen molar-refractivity contribution in [1.82, 2.24) is 10.1 Å². The van der Waals surface area contributed by atoms with Gasteiger partial charge in [-0.2, -0.15) is 0 Å². The topological polar surface area (TPSA) is 88.7 Å². The van der Waals surface area contributed by atoms with E-state index in [1.54, 1.807) is 0 Å². The number of anilines is 1. The van der Waals surface area contributed by atoms with E-state index in [0.29, 0.717) is 46.6 Å². The molecule has 0 spiro atoms. The largest absolute Gasteiger partial charge is 0.478 e. The lowest BCUT2D eigenvalue weighted by molar-refractivity contribution is -0.111. The van der Waals surface area contributed by atoms with Crippen LogP contribution in [0.3, 0.4) is 0 Å². The Bertz CT molecular complexity index is 1510. The number of carboxylic acids is 1. The smallest absolute Gasteiger partial charge is 0.335 e. The Hall–Kier alpha value is -2.52. The molecule has 9 rings (SSSR count). The Morgan fingerprint density at radius 3 is 2.59 bits per heavy atom. The number of hydrogen-bond acceptors (Lipinski definition) is 7. The number of aromatic carboxylic acids is 1. The molecule has 3 aromatic rings. The fraction of sp³-hybridized carbons (Fsp3) is 0.656. The summed E-state index contributed by atoms with van der Waals surface area (Å²) in [5.74, 6) is 2.47. The molecule has 4 aliphatic carbocycles. The quantitative estimate of drug-likeness (QED) is 0.310. The van der Waals surface area contributed by atoms with Gasteiger partial charge in [0.15, 0.2) is 10.9 Å². The molecule has 0 radical (unpaired) electrons. The summed E-state index contributed by atoms with van der Waals surface area (Å²) in [7, 11) is 0. The van der Waals surface area contributed by atoms with E-state index in [4.69, 9.17) is 14.4 Å². The van der Waals surface area contributed by atoms with Gasteiger partial charge in [-0.3, -0.25) is 0 Å². The molecule has 4 heterocycles. The Kier molecular flexibility index (Phi) is 5.89. The lowest BCUT2D eigenvalue weighted by Gasteiger charge is -2.62. The zero-order chi connectivity index (χ0) is 28.2. The van der Waals surface area contributed by atoms with Crippen LogP contribution in [0.5, 0.6) is 0 Å². The minimum Gasteiger partial charge on any atom is -0.478 e. The monoisotopic (exact) mass is 579 g/mol. The zero-order valence-electron chi connectivity index (χ0n) is 23.9. The van der Waals surface area contributed by atoms with Gasteiger partial charge in [0.25, 0.3) is 0 Å². The second kappa shape index (κ2) is 9.24. The molecule has 6 fully saturated rings. The number of carbonyl (C=O) groups is 1. The summed E-state index contributed by atoms with van der Waals surface area (Å²) in [6.45, 7) is 7.88. The number of ether oxygens (including phenoxy) is 1. The Morgan fingerprint density at radius 1 is 1.17 bits per heavy atom. The lowest BCUT2D eigenvalue weighted by Crippen LogP contribution is -2.54. The van der Waals surface area contributed by atoms with Crippen LogP contribution in [0.1, 0.15) is 111 Å². The molecule has 0 amide bonds. The van der Waals surface area contributed by atoms with Crippen LogP contribution in [0.25, 0.3) is 10.2 Å². The molecule has 9 heteroatoms. The summed E-state index contributed by atoms with van der Waals surface area (Å²) in [6.07, 6.45) is 9.01. The Balaban J connectivity index is 0.993. The third-order valence-corrected chi connectivity index (χ3v) is 12.6. The van der Waals surface area contributed by atoms with Gasteiger partial charge in [-0.05, 0) is 86.7 Å². The van der Waals surface area contributed by atoms with Gasteiger partial charge in [0.2, 0.25) is 0 Å². The first-order chi connectivity index (χ1) is 19.7. The number of piperidine rings is 1. The summed E-state index contributed by atoms with van der Waals surface area (Å²) < 4.78 is 28.0. The average Bonchev–Trinajstić information content (AvgIpc) is 3.45. The fourth-order valence-electron chi connectivity index (χ4n) is 8.94. The van der Waals surface area contributed by atoms with Crippen molar-refractivity contribution in [3.05, 3.63) is 40.5 Å². The van der Waals surface area contributed by atoms with Crippen LogP contribution in [0.15, 0.2) is 16.7 Å². The predicted octanol–water partition coefficient (Wildman–Crippen LogP) is 7.50. The van der Waals surface area contributed by atoms with Gasteiger partial charge in [-0.1, -0.05) is 37.3 Å². The van der Waals surface area contributed by atoms with Crippen LogP contribution in [0.2, 0.25) is 0 Å². The first-order valence-corrected chi connectivity index (χ1v) is 16.2. The van der Waals surface area contributed by atoms with Crippen LogP contribution < -0.4 is 4.90 Å². The van der Waals surface area contributed by atoms with Crippen LogP contribution in [0, 0.1) is 29.0 Å². The third-order valence-electron chi connectivity index (χ3n) is 11.6. The standard InChI is InChI=1S/C32H38FN3O4S/c1-15-22(10-18-11-24(15)32(18,2)3)27-23(29(40-35-27)16-4-5-16)14-39-21-12-19-6-7-20(13-21)36(19)31-34-28-25(33)8-17(30(37)38)9-26(28)41-31/h8-9,15-16,18-22,24H,4-7,10-14H2,1-3H3,(H,37,38)/t15-,18-,19?,20?,21?,22?,24-/m1/s1. The van der Waals surface area contributed by atoms with Gasteiger partial charge in [0.1, 0.15) is 11.3 Å². The molecule has 7 nitrogen and oxygen atoms in total. The highest BCUT2D eigenvalue weighted by atomic mass is 32.1. The van der Waals surface area contributed by atoms with E-state index in [9.17, 15) is 14.3 Å². The van der Waals surface area contributed by atoms with Gasteiger partial charge in [0.05, 0.1) is 28.7 Å². The maximum atomic E-state index is 14.7. The maximum absolute atomic E-state index is 14.7. The molecule has 4 bridgehead atoms. The number of halogens is 1. The molecule has 6 aliphatic rings. The molecule has 3 unspecified atom stereocenters. The van der Waals surface area contributed by atoms with Gasteiger partial charge < -0.3 is 19.3 Å². The van der Waals surface area contributed by atoms with Crippen LogP contribution in [0.4, 0.5) is 9.52 Å². The molecule has 6 atom stereocenters. The lowest BCUT2D eigenvalue weighted by atomic mass is 9.43. The average molecular weight is 580 g/mol. The van der Waals surface area contributed by atoms with E-state index in [-0.39, 0.29) is 17.2 Å². The molecule has 218 valence electrons. The van der Waals surface area contributed by atoms with Crippen molar-refractivity contribution in [3.63, 3.8) is 0 Å². The van der Waals surface area contributed by atoms with Crippen molar-refractivity contribution in [3.8, 4) is 0 Å². The van der Waals surface area contributed by atoms with Gasteiger partial charge >= 0.3 is 5.97 Å². The normalized spacial score (nSPS) is 33.8. The SMILES string of the molecule is C[C@@H]1C(c2noc(C3CC3)c2COC2CC3CCC(C2)N3c2nc3c(F)cc(C(=O)O)cc3s2)C[C@@H]2C[C@H]1C2(C)C. The van der Waals surface area contributed by atoms with E-state index in [2.05, 4.69) is 30.7 Å². The molecular weight excluding hydrogens is 541 g/mol. The Labute approximate surface area is 243 Å². The van der Waals surface area contributed by atoms with Crippen molar-refractivity contribution in [1.29, 1.82) is 0 Å². The second-order valence-corrected chi connectivity index (χ2v) is 15.1. The number of rotatable bonds is 7. The number of nitrogens with zero attached hydrogens (tertiary/aromatic N) is 3. The van der Waals surface area contributed by atoms with Gasteiger partial charge in [-0.25, -0.2) is 14.2 Å². The summed E-state index contributed by atoms with van der Waals surface area (Å²) in [4.78, 5) is 18.4. The fourth-order valence-corrected chi connectivity index (χ4v) is 10.1. The molecule has 1 aromatic carbocycles. The number of carboxylic acid groups (broad SMARTS) is 1. The van der Waals surface area contributed by atoms with E-state index in [1.165, 1.54) is 54.3 Å². The number of benzene rings is 1. The van der Waals surface area contributed by atoms with Crippen molar-refractivity contribution >= 4 is 32.7 Å². The summed E-state index contributed by atoms with van der Waals surface area (Å²) in [5.41, 5.74) is 3.06. The van der Waals surface area contributed by atoms with Crippen LogP contribution in [-0.2, 0) is 11.3 Å². The van der Waals surface area contributed by atoms with Crippen molar-refractivity contribution in [2.75, 3.05) is 4.90 Å². The maximum Gasteiger partial charge on any atom is 0.335 e. The molecule has 2 aromatic heterocycles. The minimum absolute atomic E-state index is 0.0395. The summed E-state index contributed by atoms with van der Waals surface area (Å²) in [5, 5.41) is 14.8. The highest BCUT2D eigenvalue weighted by Crippen LogP contribution is 2.65. The van der Waals surface area contributed by atoms with Crippen molar-refractivity contribution in [2.45, 2.75) is 109 Å². The summed E-state index contributed by atoms with van der Waals surface area (Å²) >= 11 is 1.39. The van der Waals surface area contributed by atoms with E-state index >= 15 is 0 Å². The van der Waals surface area contributed by atoms with E-state index in [0.717, 1.165) is 54.5 Å². The van der Waals surface area contributed by atoms with E-state index in [1.807, 2.05) is 0 Å². The molecule has 4 saturated carbocycles. The minimum atomic E-state index is -1.13. The zero-order valence-corrected chi connectivity index (χ0v) is 24.8. The first kappa shape index (κ1) is 26.1. The van der Waals surface area contributed by atoms with Crippen LogP contribution in [-0.4, -0.2) is 39.4 Å². The Morgan fingerprint density at radius 2 is 1.93 bits per heavy atom. The number of hydrogen-bond donors (Lipinski definition) is 1. The molecule has 2 aliphatic heterocycles. The molecule has 1 N–H and O–H groups in total. The second-order valence-electron chi connectivity index (χ2n) is 14.0. The van der Waals surface area contributed by atoms with Gasteiger partial charge in [0, 0.05) is 29.5 Å². The molecule has 2 saturated heterocycles. The molecule has 41 heavy (non-hydrogen) atoms. The predicted molar refractivity (Wildman–Crippen MR) is 154 cm³/mol. The molecular formula is C32H38FN3O4S. The van der Waals surface area contributed by atoms with Gasteiger partial charge in [-0.15, -0.1) is 0 Å². The van der Waals surface area contributed by atoms with Crippen molar-refractivity contribution < 1.29 is 23.6 Å².